The monoisotopic (exact) mass is 728 g/mol. The van der Waals surface area contributed by atoms with E-state index in [1.807, 2.05) is 36.4 Å². The van der Waals surface area contributed by atoms with Crippen LogP contribution in [0.1, 0.15) is 0 Å². The Bertz CT molecular complexity index is 3430. The summed E-state index contributed by atoms with van der Waals surface area (Å²) < 4.78 is 11.8. The lowest BCUT2D eigenvalue weighted by Gasteiger charge is -2.12. The average Bonchev–Trinajstić information content (AvgIpc) is 3.95. The number of rotatable bonds is 5. The highest BCUT2D eigenvalue weighted by molar-refractivity contribution is 6.39. The maximum atomic E-state index is 6.95. The predicted molar refractivity (Wildman–Crippen MR) is 234 cm³/mol. The predicted octanol–water partition coefficient (Wildman–Crippen LogP) is 13.6. The van der Waals surface area contributed by atoms with Gasteiger partial charge in [0.15, 0.2) is 5.82 Å². The molecule has 0 spiro atoms. The van der Waals surface area contributed by atoms with E-state index in [9.17, 15) is 0 Å². The topological polar surface area (TPSA) is 48.8 Å². The van der Waals surface area contributed by atoms with Crippen LogP contribution in [0.15, 0.2) is 199 Å². The highest BCUT2D eigenvalue weighted by atomic mass is 16.3. The number of hydrogen-bond donors (Lipinski definition) is 0. The van der Waals surface area contributed by atoms with Crippen molar-refractivity contribution in [3.05, 3.63) is 194 Å². The maximum Gasteiger partial charge on any atom is 0.160 e. The molecule has 12 rings (SSSR count). The molecule has 0 amide bonds. The van der Waals surface area contributed by atoms with E-state index in [2.05, 4.69) is 167 Å². The lowest BCUT2D eigenvalue weighted by atomic mass is 10.0. The molecule has 266 valence electrons. The molecule has 8 aromatic carbocycles. The van der Waals surface area contributed by atoms with Crippen molar-refractivity contribution in [2.75, 3.05) is 0 Å². The Morgan fingerprint density at radius 3 is 1.42 bits per heavy atom. The van der Waals surface area contributed by atoms with E-state index in [1.165, 1.54) is 10.8 Å². The molecule has 0 aliphatic carbocycles. The largest absolute Gasteiger partial charge is 0.455 e. The van der Waals surface area contributed by atoms with Gasteiger partial charge < -0.3 is 13.6 Å². The molecule has 0 bridgehead atoms. The molecule has 0 fully saturated rings. The van der Waals surface area contributed by atoms with Crippen LogP contribution >= 0.6 is 0 Å². The van der Waals surface area contributed by atoms with Crippen LogP contribution in [0.5, 0.6) is 0 Å². The van der Waals surface area contributed by atoms with E-state index in [-0.39, 0.29) is 0 Å². The highest BCUT2D eigenvalue weighted by Gasteiger charge is 2.27. The molecule has 5 heteroatoms. The number of aromatic nitrogens is 4. The van der Waals surface area contributed by atoms with E-state index in [0.29, 0.717) is 5.82 Å². The van der Waals surface area contributed by atoms with Gasteiger partial charge in [-0.05, 0) is 60.7 Å². The van der Waals surface area contributed by atoms with Gasteiger partial charge in [-0.25, -0.2) is 9.97 Å². The van der Waals surface area contributed by atoms with Crippen LogP contribution in [0, 0.1) is 0 Å². The van der Waals surface area contributed by atoms with Gasteiger partial charge in [0.1, 0.15) is 11.2 Å². The molecule has 0 saturated carbocycles. The minimum Gasteiger partial charge on any atom is -0.455 e. The van der Waals surface area contributed by atoms with Crippen molar-refractivity contribution in [1.82, 2.24) is 19.1 Å². The highest BCUT2D eigenvalue weighted by Crippen LogP contribution is 2.49. The summed E-state index contributed by atoms with van der Waals surface area (Å²) >= 11 is 0. The molecular formula is C52H32N4O. The summed E-state index contributed by atoms with van der Waals surface area (Å²) in [5, 5.41) is 6.86. The number of nitrogens with zero attached hydrogens (tertiary/aromatic N) is 4. The third kappa shape index (κ3) is 4.76. The minimum absolute atomic E-state index is 0.682. The van der Waals surface area contributed by atoms with Crippen LogP contribution in [0.2, 0.25) is 0 Å². The first-order valence-corrected chi connectivity index (χ1v) is 19.3. The maximum absolute atomic E-state index is 6.95. The molecule has 5 nitrogen and oxygen atoms in total. The molecule has 0 radical (unpaired) electrons. The fraction of sp³-hybridized carbons (Fsp3) is 0. The molecule has 12 aromatic rings. The Labute approximate surface area is 327 Å². The van der Waals surface area contributed by atoms with Crippen LogP contribution in [0.3, 0.4) is 0 Å². The summed E-state index contributed by atoms with van der Waals surface area (Å²) in [7, 11) is 0. The van der Waals surface area contributed by atoms with Crippen LogP contribution < -0.4 is 0 Å². The van der Waals surface area contributed by atoms with E-state index >= 15 is 0 Å². The van der Waals surface area contributed by atoms with Gasteiger partial charge in [0.05, 0.1) is 44.2 Å². The van der Waals surface area contributed by atoms with Crippen molar-refractivity contribution >= 4 is 65.6 Å². The molecule has 57 heavy (non-hydrogen) atoms. The number of benzene rings is 8. The molecule has 4 aromatic heterocycles. The number of fused-ring (bicyclic) bond motifs is 12. The van der Waals surface area contributed by atoms with Gasteiger partial charge in [0.25, 0.3) is 0 Å². The van der Waals surface area contributed by atoms with Crippen molar-refractivity contribution in [3.8, 4) is 45.3 Å². The second-order valence-electron chi connectivity index (χ2n) is 14.5. The zero-order valence-corrected chi connectivity index (χ0v) is 30.7. The Kier molecular flexibility index (Phi) is 6.86. The van der Waals surface area contributed by atoms with Gasteiger partial charge in [-0.1, -0.05) is 133 Å². The fourth-order valence-corrected chi connectivity index (χ4v) is 8.84. The van der Waals surface area contributed by atoms with Crippen molar-refractivity contribution in [2.45, 2.75) is 0 Å². The normalized spacial score (nSPS) is 11.9. The summed E-state index contributed by atoms with van der Waals surface area (Å²) in [5.74, 6) is 0.682. The van der Waals surface area contributed by atoms with Crippen LogP contribution in [0.25, 0.3) is 111 Å². The zero-order valence-electron chi connectivity index (χ0n) is 30.7. The van der Waals surface area contributed by atoms with E-state index < -0.39 is 0 Å². The molecule has 4 heterocycles. The molecule has 0 unspecified atom stereocenters. The van der Waals surface area contributed by atoms with Crippen molar-refractivity contribution in [3.63, 3.8) is 0 Å². The molecule has 0 aliphatic heterocycles. The smallest absolute Gasteiger partial charge is 0.160 e. The average molecular weight is 729 g/mol. The molecule has 0 saturated heterocycles. The van der Waals surface area contributed by atoms with Crippen LogP contribution in [-0.4, -0.2) is 19.1 Å². The van der Waals surface area contributed by atoms with Gasteiger partial charge in [0, 0.05) is 49.6 Å². The first-order chi connectivity index (χ1) is 28.3. The van der Waals surface area contributed by atoms with Crippen molar-refractivity contribution in [1.29, 1.82) is 0 Å². The van der Waals surface area contributed by atoms with Gasteiger partial charge in [-0.2, -0.15) is 0 Å². The Morgan fingerprint density at radius 2 is 0.825 bits per heavy atom. The Hall–Kier alpha value is -7.76. The summed E-state index contributed by atoms with van der Waals surface area (Å²) in [6.07, 6.45) is 0. The minimum atomic E-state index is 0.682. The lowest BCUT2D eigenvalue weighted by Crippen LogP contribution is -1.98. The van der Waals surface area contributed by atoms with Gasteiger partial charge in [-0.15, -0.1) is 0 Å². The van der Waals surface area contributed by atoms with Gasteiger partial charge in [-0.3, -0.25) is 0 Å². The number of hydrogen-bond acceptors (Lipinski definition) is 3. The van der Waals surface area contributed by atoms with E-state index in [1.54, 1.807) is 0 Å². The first-order valence-electron chi connectivity index (χ1n) is 19.3. The summed E-state index contributed by atoms with van der Waals surface area (Å²) in [5.41, 5.74) is 13.2. The van der Waals surface area contributed by atoms with E-state index in [0.717, 1.165) is 94.2 Å². The number of furan rings is 1. The van der Waals surface area contributed by atoms with Crippen LogP contribution in [-0.2, 0) is 0 Å². The Morgan fingerprint density at radius 1 is 0.368 bits per heavy atom. The summed E-state index contributed by atoms with van der Waals surface area (Å²) in [6, 6.07) is 68.0. The quantitative estimate of drug-likeness (QED) is 0.177. The molecule has 0 atom stereocenters. The first kappa shape index (κ1) is 31.6. The van der Waals surface area contributed by atoms with Crippen molar-refractivity contribution in [2.24, 2.45) is 0 Å². The Balaban J connectivity index is 1.16. The second kappa shape index (κ2) is 12.4. The lowest BCUT2D eigenvalue weighted by molar-refractivity contribution is 0.673. The van der Waals surface area contributed by atoms with Gasteiger partial charge >= 0.3 is 0 Å². The molecule has 0 aliphatic rings. The third-order valence-electron chi connectivity index (χ3n) is 11.3. The van der Waals surface area contributed by atoms with Crippen LogP contribution in [0.4, 0.5) is 0 Å². The van der Waals surface area contributed by atoms with Crippen molar-refractivity contribution < 1.29 is 4.42 Å². The SMILES string of the molecule is c1ccc(-c2cc(-c3ccccc3)nc(-c3ccc(-n4c5ccccc5c5c6oc7ccccc7c6c6c(c7ccccc7n6-c6ccccc6)c54)cc3)n2)cc1. The van der Waals surface area contributed by atoms with Gasteiger partial charge in [0.2, 0.25) is 0 Å². The third-order valence-corrected chi connectivity index (χ3v) is 11.3. The number of para-hydroxylation sites is 4. The standard InChI is InChI=1S/C52H32N4O/c1-4-16-33(17-5-1)41-32-42(34-18-6-2-7-19-34)54-52(53-41)35-28-30-37(31-29-35)56-44-26-14-11-23-39(44)47-49(56)46-38-22-10-13-25-43(38)55(36-20-8-3-9-21-36)50(46)48-40-24-12-15-27-45(40)57-51(47)48/h1-32H. The fourth-order valence-electron chi connectivity index (χ4n) is 8.84. The second-order valence-corrected chi connectivity index (χ2v) is 14.5. The summed E-state index contributed by atoms with van der Waals surface area (Å²) in [6.45, 7) is 0. The summed E-state index contributed by atoms with van der Waals surface area (Å²) in [4.78, 5) is 10.2. The molecular weight excluding hydrogens is 697 g/mol. The molecule has 0 N–H and O–H groups in total. The zero-order chi connectivity index (χ0) is 37.5. The van der Waals surface area contributed by atoms with E-state index in [4.69, 9.17) is 14.4 Å².